The maximum Gasteiger partial charge on any atom is 0.305 e. The Hall–Kier alpha value is -4.84. The molecule has 2 aliphatic rings. The average molecular weight is 1420 g/mol. The van der Waals surface area contributed by atoms with Crippen LogP contribution >= 0.6 is 0 Å². The van der Waals surface area contributed by atoms with Crippen molar-refractivity contribution in [3.63, 3.8) is 0 Å². The molecular weight excluding hydrogens is 1320 g/mol. The first kappa shape index (κ1) is 81.1. The first-order valence-electron chi connectivity index (χ1n) is 32.7. The Morgan fingerprint density at radius 1 is 0.505 bits per heavy atom. The van der Waals surface area contributed by atoms with Crippen LogP contribution < -0.4 is 4.90 Å². The Labute approximate surface area is 576 Å². The fourth-order valence-corrected chi connectivity index (χ4v) is 12.7. The summed E-state index contributed by atoms with van der Waals surface area (Å²) in [5.41, 5.74) is 4.21. The second-order valence-electron chi connectivity index (χ2n) is 22.8. The highest BCUT2D eigenvalue weighted by Gasteiger charge is 2.49. The SMILES string of the molecule is COCCOCCOCCOCC[N+]1=C(/C=C/C=C/C=C2/N(CCOCCOCCOCCOCCC(=O)O)c3ccc4cc(S(=O)(=O)[O-])ccc4c3C2(C)CCOCCOCCOCCOC)C(C)(CCOCCOCCOCCOC)c2c1ccc1cc(S(=O)(O)=S)ccc21. The minimum atomic E-state index is -4.77. The van der Waals surface area contributed by atoms with Crippen LogP contribution in [0.15, 0.2) is 107 Å². The molecule has 0 aliphatic carbocycles. The molecule has 0 amide bonds. The number of fused-ring (bicyclic) bond motifs is 6. The van der Waals surface area contributed by atoms with Crippen molar-refractivity contribution in [3.8, 4) is 0 Å². The Bertz CT molecular complexity index is 3370. The van der Waals surface area contributed by atoms with E-state index in [1.54, 1.807) is 39.5 Å². The molecule has 0 saturated carbocycles. The molecule has 2 N–H and O–H groups in total. The van der Waals surface area contributed by atoms with Crippen LogP contribution in [0.2, 0.25) is 0 Å². The zero-order valence-corrected chi connectivity index (χ0v) is 59.2. The van der Waals surface area contributed by atoms with Gasteiger partial charge in [0.1, 0.15) is 16.7 Å². The Kier molecular flexibility index (Phi) is 37.2. The van der Waals surface area contributed by atoms with Crippen molar-refractivity contribution in [1.82, 2.24) is 0 Å². The molecule has 3 atom stereocenters. The molecule has 0 saturated heterocycles. The van der Waals surface area contributed by atoms with Crippen LogP contribution in [0, 0.1) is 0 Å². The van der Waals surface area contributed by atoms with Gasteiger partial charge in [-0.1, -0.05) is 36.4 Å². The molecule has 2 heterocycles. The lowest BCUT2D eigenvalue weighted by Crippen LogP contribution is -2.33. The maximum atomic E-state index is 12.8. The van der Waals surface area contributed by atoms with E-state index >= 15 is 0 Å². The quantitative estimate of drug-likeness (QED) is 0.0194. The van der Waals surface area contributed by atoms with E-state index in [0.29, 0.717) is 210 Å². The van der Waals surface area contributed by atoms with Crippen LogP contribution in [-0.4, -0.2) is 269 Å². The second-order valence-corrected chi connectivity index (χ2v) is 27.0. The van der Waals surface area contributed by atoms with E-state index < -0.39 is 35.7 Å². The number of nitrogens with zero attached hydrogens (tertiary/aromatic N) is 2. The number of carboxylic acid groups (broad SMARTS) is 1. The predicted octanol–water partition coefficient (Wildman–Crippen LogP) is 7.02. The van der Waals surface area contributed by atoms with Crippen LogP contribution in [-0.2, 0) is 121 Å². The summed E-state index contributed by atoms with van der Waals surface area (Å²) in [6, 6.07) is 17.4. The number of allylic oxidation sites excluding steroid dienone is 6. The van der Waals surface area contributed by atoms with Gasteiger partial charge in [0.25, 0.3) is 0 Å². The van der Waals surface area contributed by atoms with Gasteiger partial charge in [0.2, 0.25) is 5.69 Å². The highest BCUT2D eigenvalue weighted by atomic mass is 32.8. The zero-order chi connectivity index (χ0) is 69.6. The van der Waals surface area contributed by atoms with Crippen molar-refractivity contribution in [2.24, 2.45) is 0 Å². The van der Waals surface area contributed by atoms with Crippen molar-refractivity contribution in [2.75, 3.05) is 231 Å². The summed E-state index contributed by atoms with van der Waals surface area (Å²) < 4.78 is 154. The summed E-state index contributed by atoms with van der Waals surface area (Å²) in [6.07, 6.45) is 11.1. The third-order valence-electron chi connectivity index (χ3n) is 16.2. The topological polar surface area (TPSA) is 286 Å². The Morgan fingerprint density at radius 2 is 0.918 bits per heavy atom. The summed E-state index contributed by atoms with van der Waals surface area (Å²) in [5.74, 6) is -0.923. The smallest absolute Gasteiger partial charge is 0.305 e. The number of benzene rings is 4. The maximum absolute atomic E-state index is 12.8. The van der Waals surface area contributed by atoms with E-state index in [2.05, 4.69) is 35.5 Å². The molecule has 4 aromatic carbocycles. The van der Waals surface area contributed by atoms with E-state index in [-0.39, 0.29) is 29.4 Å². The number of aliphatic carboxylic acids is 1. The van der Waals surface area contributed by atoms with Crippen molar-refractivity contribution < 1.29 is 112 Å². The van der Waals surface area contributed by atoms with E-state index in [4.69, 9.17) is 92.1 Å². The van der Waals surface area contributed by atoms with Crippen LogP contribution in [0.1, 0.15) is 44.2 Å². The summed E-state index contributed by atoms with van der Waals surface area (Å²) in [4.78, 5) is 12.8. The van der Waals surface area contributed by atoms with Gasteiger partial charge in [0, 0.05) is 86.8 Å². The highest BCUT2D eigenvalue weighted by molar-refractivity contribution is 8.29. The van der Waals surface area contributed by atoms with Crippen LogP contribution in [0.25, 0.3) is 21.5 Å². The number of carbonyl (C=O) groups is 1. The number of carboxylic acids is 1. The van der Waals surface area contributed by atoms with Gasteiger partial charge in [0.15, 0.2) is 21.0 Å². The Morgan fingerprint density at radius 3 is 1.39 bits per heavy atom. The number of methoxy groups -OCH3 is 3. The van der Waals surface area contributed by atoms with Gasteiger partial charge in [-0.05, 0) is 96.3 Å². The highest BCUT2D eigenvalue weighted by Crippen LogP contribution is 2.53. The van der Waals surface area contributed by atoms with Crippen molar-refractivity contribution in [3.05, 3.63) is 108 Å². The number of ether oxygens (including phenoxy) is 16. The summed E-state index contributed by atoms with van der Waals surface area (Å²) in [6.45, 7) is 16.1. The van der Waals surface area contributed by atoms with Gasteiger partial charge in [-0.15, -0.1) is 0 Å². The summed E-state index contributed by atoms with van der Waals surface area (Å²) in [7, 11) is -3.58. The molecule has 3 unspecified atom stereocenters. The minimum Gasteiger partial charge on any atom is -0.744 e. The van der Waals surface area contributed by atoms with Crippen molar-refractivity contribution in [1.29, 1.82) is 0 Å². The van der Waals surface area contributed by atoms with Crippen molar-refractivity contribution in [2.45, 2.75) is 53.7 Å². The monoisotopic (exact) mass is 1420 g/mol. The fraction of sp³-hybridized carbons (Fsp3) is 0.594. The molecule has 0 bridgehead atoms. The summed E-state index contributed by atoms with van der Waals surface area (Å²) in [5, 5.41) is 11.8. The molecule has 542 valence electrons. The average Bonchev–Trinajstić information content (AvgIpc) is 1.59. The van der Waals surface area contributed by atoms with Gasteiger partial charge in [0.05, 0.1) is 193 Å². The minimum absolute atomic E-state index is 0.0722. The lowest BCUT2D eigenvalue weighted by molar-refractivity contribution is -0.442. The Balaban J connectivity index is 1.32. The van der Waals surface area contributed by atoms with Crippen LogP contribution in [0.5, 0.6) is 0 Å². The van der Waals surface area contributed by atoms with E-state index in [0.717, 1.165) is 50.1 Å². The lowest BCUT2D eigenvalue weighted by atomic mass is 9.75. The molecule has 0 spiro atoms. The van der Waals surface area contributed by atoms with Gasteiger partial charge in [-0.3, -0.25) is 4.79 Å². The molecule has 25 nitrogen and oxygen atoms in total. The zero-order valence-electron chi connectivity index (χ0n) is 56.8. The molecule has 0 aromatic heterocycles. The first-order valence-corrected chi connectivity index (χ1v) is 36.6. The third-order valence-corrected chi connectivity index (χ3v) is 18.4. The fourth-order valence-electron chi connectivity index (χ4n) is 11.4. The molecule has 0 fully saturated rings. The van der Waals surface area contributed by atoms with Gasteiger partial charge < -0.3 is 94.9 Å². The first-order chi connectivity index (χ1) is 47.0. The predicted molar refractivity (Wildman–Crippen MR) is 368 cm³/mol. The standard InChI is InChI=1S/C69H100N2O23S3/c1-68(20-25-83-36-41-91-48-45-87-32-29-79-3)63(70(22-27-86-39-44-94-52-51-90-40-35-82-24-19-65(72)73)61-17-11-55-53-57(96(74,75)76)13-15-59(55)66(61)68)9-7-6-8-10-64-69(2,21-26-84-37-42-92-49-46-88-33-30-80-4)67-60-16-14-58(97(77,78)95)54-56(60)12-18-62(67)71(64)23-28-85-38-43-93-50-47-89-34-31-81-5/h6-18,53-54H,19-52H2,1-5H3,(H2-,72,73,74,75,76,77,78,95). The van der Waals surface area contributed by atoms with Crippen LogP contribution in [0.4, 0.5) is 11.4 Å². The number of hydrogen-bond donors (Lipinski definition) is 2. The van der Waals surface area contributed by atoms with E-state index in [1.807, 2.05) is 48.6 Å². The van der Waals surface area contributed by atoms with Crippen molar-refractivity contribution >= 4 is 74.7 Å². The summed E-state index contributed by atoms with van der Waals surface area (Å²) >= 11 is 5.04. The van der Waals surface area contributed by atoms with Gasteiger partial charge >= 0.3 is 5.97 Å². The number of anilines is 1. The normalized spacial score (nSPS) is 17.5. The molecule has 4 aromatic rings. The second kappa shape index (κ2) is 44.4. The number of rotatable bonds is 56. The van der Waals surface area contributed by atoms with E-state index in [1.165, 1.54) is 12.1 Å². The molecule has 2 aliphatic heterocycles. The van der Waals surface area contributed by atoms with Gasteiger partial charge in [-0.25, -0.2) is 12.6 Å². The molecule has 97 heavy (non-hydrogen) atoms. The molecular formula is C69H100N2O23S3. The molecule has 28 heteroatoms. The molecule has 6 rings (SSSR count). The third kappa shape index (κ3) is 26.6. The number of hydrogen-bond acceptors (Lipinski definition) is 23. The van der Waals surface area contributed by atoms with Gasteiger partial charge in [-0.2, -0.15) is 4.58 Å². The van der Waals surface area contributed by atoms with Crippen LogP contribution in [0.3, 0.4) is 0 Å². The van der Waals surface area contributed by atoms with E-state index in [9.17, 15) is 26.5 Å². The lowest BCUT2D eigenvalue weighted by Gasteiger charge is -2.31. The largest absolute Gasteiger partial charge is 0.744 e. The molecule has 0 radical (unpaired) electrons.